The van der Waals surface area contributed by atoms with Crippen molar-refractivity contribution in [3.8, 4) is 5.75 Å². The molecule has 1 fully saturated rings. The summed E-state index contributed by atoms with van der Waals surface area (Å²) in [6.07, 6.45) is 3.79. The Morgan fingerprint density at radius 1 is 1.19 bits per heavy atom. The molecule has 0 saturated carbocycles. The molecule has 0 spiro atoms. The zero-order chi connectivity index (χ0) is 17.6. The second-order valence-electron chi connectivity index (χ2n) is 6.31. The van der Waals surface area contributed by atoms with E-state index in [9.17, 15) is 0 Å². The lowest BCUT2D eigenvalue weighted by molar-refractivity contribution is 0.152. The predicted octanol–water partition coefficient (Wildman–Crippen LogP) is 3.26. The minimum atomic E-state index is 0.336. The second kappa shape index (κ2) is 8.40. The average Bonchev–Trinajstić information content (AvgIpc) is 3.16. The third-order valence-electron chi connectivity index (χ3n) is 4.49. The van der Waals surface area contributed by atoms with Crippen molar-refractivity contribution in [1.29, 1.82) is 0 Å². The maximum Gasteiger partial charge on any atom is 0.140 e. The maximum absolute atomic E-state index is 5.80. The molecular formula is C20H22N4OS. The summed E-state index contributed by atoms with van der Waals surface area (Å²) in [5.41, 5.74) is 2.36. The predicted molar refractivity (Wildman–Crippen MR) is 103 cm³/mol. The highest BCUT2D eigenvalue weighted by Crippen LogP contribution is 2.24. The molecule has 6 heteroatoms. The van der Waals surface area contributed by atoms with Gasteiger partial charge >= 0.3 is 0 Å². The third-order valence-corrected chi connectivity index (χ3v) is 5.36. The number of hydrogen-bond donors (Lipinski definition) is 1. The SMILES string of the molecule is c1ccc(OCc2nc(CN3CCNCC3c3cccnc3)cs2)cc1. The van der Waals surface area contributed by atoms with Gasteiger partial charge in [-0.15, -0.1) is 11.3 Å². The van der Waals surface area contributed by atoms with E-state index in [4.69, 9.17) is 9.72 Å². The van der Waals surface area contributed by atoms with Gasteiger partial charge in [0.1, 0.15) is 17.4 Å². The standard InChI is InChI=1S/C20H22N4OS/c1-2-6-18(7-3-1)25-14-20-23-17(15-26-20)13-24-10-9-22-12-19(24)16-5-4-8-21-11-16/h1-8,11,15,19,22H,9-10,12-14H2. The topological polar surface area (TPSA) is 50.3 Å². The van der Waals surface area contributed by atoms with E-state index in [1.807, 2.05) is 48.8 Å². The molecule has 26 heavy (non-hydrogen) atoms. The summed E-state index contributed by atoms with van der Waals surface area (Å²) in [6.45, 7) is 4.32. The Balaban J connectivity index is 1.39. The van der Waals surface area contributed by atoms with E-state index >= 15 is 0 Å². The van der Waals surface area contributed by atoms with E-state index in [-0.39, 0.29) is 0 Å². The quantitative estimate of drug-likeness (QED) is 0.726. The number of aromatic nitrogens is 2. The smallest absolute Gasteiger partial charge is 0.140 e. The lowest BCUT2D eigenvalue weighted by atomic mass is 10.1. The lowest BCUT2D eigenvalue weighted by Crippen LogP contribution is -2.45. The van der Waals surface area contributed by atoms with Gasteiger partial charge in [-0.25, -0.2) is 4.98 Å². The van der Waals surface area contributed by atoms with Gasteiger partial charge in [-0.2, -0.15) is 0 Å². The number of pyridine rings is 1. The summed E-state index contributed by atoms with van der Waals surface area (Å²) in [5.74, 6) is 0.878. The molecule has 134 valence electrons. The van der Waals surface area contributed by atoms with Gasteiger partial charge in [-0.1, -0.05) is 24.3 Å². The van der Waals surface area contributed by atoms with E-state index in [1.165, 1.54) is 5.56 Å². The molecule has 4 rings (SSSR count). The molecule has 1 atom stereocenters. The van der Waals surface area contributed by atoms with Crippen molar-refractivity contribution in [2.75, 3.05) is 19.6 Å². The number of benzene rings is 1. The van der Waals surface area contributed by atoms with Crippen LogP contribution in [0, 0.1) is 0 Å². The highest BCUT2D eigenvalue weighted by atomic mass is 32.1. The van der Waals surface area contributed by atoms with E-state index in [1.54, 1.807) is 11.3 Å². The fourth-order valence-electron chi connectivity index (χ4n) is 3.20. The fourth-order valence-corrected chi connectivity index (χ4v) is 3.89. The monoisotopic (exact) mass is 366 g/mol. The van der Waals surface area contributed by atoms with Crippen LogP contribution in [0.4, 0.5) is 0 Å². The van der Waals surface area contributed by atoms with Crippen molar-refractivity contribution in [3.05, 3.63) is 76.5 Å². The number of hydrogen-bond acceptors (Lipinski definition) is 6. The zero-order valence-corrected chi connectivity index (χ0v) is 15.4. The first-order valence-corrected chi connectivity index (χ1v) is 9.72. The molecule has 1 unspecified atom stereocenters. The van der Waals surface area contributed by atoms with Crippen LogP contribution in [0.5, 0.6) is 5.75 Å². The van der Waals surface area contributed by atoms with Gasteiger partial charge in [0.2, 0.25) is 0 Å². The normalized spacial score (nSPS) is 17.9. The molecule has 1 N–H and O–H groups in total. The van der Waals surface area contributed by atoms with Crippen LogP contribution in [-0.2, 0) is 13.2 Å². The van der Waals surface area contributed by atoms with Gasteiger partial charge in [-0.05, 0) is 23.8 Å². The highest BCUT2D eigenvalue weighted by molar-refractivity contribution is 7.09. The summed E-state index contributed by atoms with van der Waals surface area (Å²) in [4.78, 5) is 11.5. The molecule has 2 aromatic heterocycles. The van der Waals surface area contributed by atoms with Gasteiger partial charge in [0, 0.05) is 50.0 Å². The van der Waals surface area contributed by atoms with Crippen molar-refractivity contribution >= 4 is 11.3 Å². The molecule has 0 bridgehead atoms. The van der Waals surface area contributed by atoms with Crippen LogP contribution in [0.15, 0.2) is 60.2 Å². The van der Waals surface area contributed by atoms with Gasteiger partial charge in [0.15, 0.2) is 0 Å². The van der Waals surface area contributed by atoms with Gasteiger partial charge < -0.3 is 10.1 Å². The number of ether oxygens (including phenoxy) is 1. The van der Waals surface area contributed by atoms with Crippen molar-refractivity contribution in [2.45, 2.75) is 19.2 Å². The largest absolute Gasteiger partial charge is 0.486 e. The minimum absolute atomic E-state index is 0.336. The highest BCUT2D eigenvalue weighted by Gasteiger charge is 2.24. The van der Waals surface area contributed by atoms with Crippen LogP contribution in [-0.4, -0.2) is 34.5 Å². The number of piperazine rings is 1. The average molecular weight is 366 g/mol. The number of nitrogens with one attached hydrogen (secondary N) is 1. The molecule has 1 aliphatic heterocycles. The van der Waals surface area contributed by atoms with Crippen molar-refractivity contribution in [3.63, 3.8) is 0 Å². The lowest BCUT2D eigenvalue weighted by Gasteiger charge is -2.35. The van der Waals surface area contributed by atoms with Crippen LogP contribution >= 0.6 is 11.3 Å². The summed E-state index contributed by atoms with van der Waals surface area (Å²) in [7, 11) is 0. The molecule has 1 saturated heterocycles. The Bertz CT molecular complexity index is 809. The first kappa shape index (κ1) is 17.1. The Kier molecular flexibility index (Phi) is 5.54. The molecule has 0 amide bonds. The van der Waals surface area contributed by atoms with E-state index < -0.39 is 0 Å². The van der Waals surface area contributed by atoms with Crippen LogP contribution < -0.4 is 10.1 Å². The van der Waals surface area contributed by atoms with Crippen molar-refractivity contribution in [1.82, 2.24) is 20.2 Å². The molecule has 1 aromatic carbocycles. The summed E-state index contributed by atoms with van der Waals surface area (Å²) in [5, 5.41) is 6.64. The van der Waals surface area contributed by atoms with E-state index in [2.05, 4.69) is 26.6 Å². The molecule has 1 aliphatic rings. The second-order valence-corrected chi connectivity index (χ2v) is 7.25. The number of rotatable bonds is 6. The molecule has 3 aromatic rings. The van der Waals surface area contributed by atoms with Gasteiger partial charge in [-0.3, -0.25) is 9.88 Å². The first-order valence-electron chi connectivity index (χ1n) is 8.84. The number of thiazole rings is 1. The Morgan fingerprint density at radius 3 is 2.96 bits per heavy atom. The van der Waals surface area contributed by atoms with Crippen molar-refractivity contribution in [2.24, 2.45) is 0 Å². The van der Waals surface area contributed by atoms with Crippen LogP contribution in [0.2, 0.25) is 0 Å². The Labute approximate surface area is 157 Å². The van der Waals surface area contributed by atoms with Crippen LogP contribution in [0.25, 0.3) is 0 Å². The van der Waals surface area contributed by atoms with Crippen molar-refractivity contribution < 1.29 is 4.74 Å². The summed E-state index contributed by atoms with van der Waals surface area (Å²) in [6, 6.07) is 14.4. The zero-order valence-electron chi connectivity index (χ0n) is 14.5. The Morgan fingerprint density at radius 2 is 2.12 bits per heavy atom. The molecular weight excluding hydrogens is 344 g/mol. The van der Waals surface area contributed by atoms with E-state index in [0.717, 1.165) is 42.6 Å². The number of nitrogens with zero attached hydrogens (tertiary/aromatic N) is 3. The summed E-state index contributed by atoms with van der Waals surface area (Å²) >= 11 is 1.66. The first-order chi connectivity index (χ1) is 12.9. The molecule has 5 nitrogen and oxygen atoms in total. The molecule has 0 radical (unpaired) electrons. The van der Waals surface area contributed by atoms with Crippen LogP contribution in [0.3, 0.4) is 0 Å². The number of para-hydroxylation sites is 1. The van der Waals surface area contributed by atoms with Gasteiger partial charge in [0.05, 0.1) is 5.69 Å². The Hall–Kier alpha value is -2.28. The third kappa shape index (κ3) is 4.27. The molecule has 3 heterocycles. The maximum atomic E-state index is 5.80. The summed E-state index contributed by atoms with van der Waals surface area (Å²) < 4.78 is 5.80. The van der Waals surface area contributed by atoms with Gasteiger partial charge in [0.25, 0.3) is 0 Å². The minimum Gasteiger partial charge on any atom is -0.486 e. The fraction of sp³-hybridized carbons (Fsp3) is 0.300. The van der Waals surface area contributed by atoms with Crippen LogP contribution in [0.1, 0.15) is 22.3 Å². The van der Waals surface area contributed by atoms with E-state index in [0.29, 0.717) is 12.6 Å². The molecule has 0 aliphatic carbocycles.